The van der Waals surface area contributed by atoms with Crippen LogP contribution in [0.3, 0.4) is 0 Å². The second-order valence-corrected chi connectivity index (χ2v) is 6.85. The Balaban J connectivity index is 1.62. The molecule has 0 aliphatic rings. The second-order valence-electron chi connectivity index (χ2n) is 6.44. The number of anilines is 1. The number of hydrogen-bond donors (Lipinski definition) is 2. The Bertz CT molecular complexity index is 1060. The van der Waals surface area contributed by atoms with E-state index in [4.69, 9.17) is 16.6 Å². The maximum Gasteiger partial charge on any atom is 0.293 e. The molecular weight excluding hydrogens is 398 g/mol. The molecule has 11 nitrogen and oxygen atoms in total. The summed E-state index contributed by atoms with van der Waals surface area (Å²) in [5.74, 6) is 0.229. The van der Waals surface area contributed by atoms with Crippen molar-refractivity contribution in [1.29, 1.82) is 0 Å². The molecule has 2 N–H and O–H groups in total. The third-order valence-corrected chi connectivity index (χ3v) is 3.81. The fourth-order valence-electron chi connectivity index (χ4n) is 2.38. The Morgan fingerprint density at radius 2 is 2.14 bits per heavy atom. The molecule has 2 aromatic heterocycles. The van der Waals surface area contributed by atoms with Crippen molar-refractivity contribution in [2.24, 2.45) is 5.92 Å². The average molecular weight is 415 g/mol. The highest BCUT2D eigenvalue weighted by atomic mass is 32.1. The van der Waals surface area contributed by atoms with Gasteiger partial charge in [0, 0.05) is 17.7 Å². The predicted octanol–water partition coefficient (Wildman–Crippen LogP) is 2.62. The Kier molecular flexibility index (Phi) is 5.93. The normalized spacial score (nSPS) is 10.7. The minimum absolute atomic E-state index is 0.00734. The van der Waals surface area contributed by atoms with Gasteiger partial charge in [0.05, 0.1) is 11.5 Å². The maximum atomic E-state index is 12.3. The molecule has 0 atom stereocenters. The number of nitro benzene ring substituents is 1. The van der Waals surface area contributed by atoms with Gasteiger partial charge in [0.2, 0.25) is 0 Å². The first kappa shape index (κ1) is 20.1. The van der Waals surface area contributed by atoms with Crippen molar-refractivity contribution in [1.82, 2.24) is 25.5 Å². The molecule has 1 amide bonds. The van der Waals surface area contributed by atoms with Crippen LogP contribution in [0.2, 0.25) is 0 Å². The number of non-ortho nitro benzene ring substituents is 1. The lowest BCUT2D eigenvalue weighted by Gasteiger charge is -2.05. The molecular formula is C17H17N7O4S. The summed E-state index contributed by atoms with van der Waals surface area (Å²) in [7, 11) is 0. The number of hydrogen-bond acceptors (Lipinski definition) is 8. The second kappa shape index (κ2) is 8.56. The number of nitrogens with zero attached hydrogens (tertiary/aromatic N) is 5. The van der Waals surface area contributed by atoms with Gasteiger partial charge in [-0.2, -0.15) is 4.80 Å². The number of rotatable bonds is 6. The number of carbonyl (C=O) groups excluding carboxylic acids is 1. The van der Waals surface area contributed by atoms with E-state index in [-0.39, 0.29) is 22.5 Å². The summed E-state index contributed by atoms with van der Waals surface area (Å²) < 4.78 is 5.50. The van der Waals surface area contributed by atoms with E-state index >= 15 is 0 Å². The zero-order valence-electron chi connectivity index (χ0n) is 15.5. The Morgan fingerprint density at radius 3 is 2.86 bits per heavy atom. The lowest BCUT2D eigenvalue weighted by molar-refractivity contribution is -0.384. The standard InChI is InChI=1S/C17H17N7O4S/c1-10(2)9-23-21-16(20-22-23)19-17(29)18-15(25)14-7-6-13(28-14)11-4-3-5-12(8-11)24(26)27/h3-8,10H,9H2,1-2H3,(H2,18,19,21,25,29). The SMILES string of the molecule is CC(C)Cn1nnc(NC(=S)NC(=O)c2ccc(-c3cccc([N+](=O)[O-])c3)o2)n1. The number of amides is 1. The first-order chi connectivity index (χ1) is 13.8. The van der Waals surface area contributed by atoms with Crippen molar-refractivity contribution < 1.29 is 14.1 Å². The van der Waals surface area contributed by atoms with Crippen molar-refractivity contribution in [3.05, 3.63) is 52.3 Å². The van der Waals surface area contributed by atoms with Crippen LogP contribution < -0.4 is 10.6 Å². The zero-order valence-corrected chi connectivity index (χ0v) is 16.3. The zero-order chi connectivity index (χ0) is 21.0. The fourth-order valence-corrected chi connectivity index (χ4v) is 2.57. The minimum Gasteiger partial charge on any atom is -0.451 e. The number of benzene rings is 1. The number of nitro groups is 1. The van der Waals surface area contributed by atoms with Gasteiger partial charge in [-0.3, -0.25) is 25.5 Å². The highest BCUT2D eigenvalue weighted by Crippen LogP contribution is 2.25. The summed E-state index contributed by atoms with van der Waals surface area (Å²) >= 11 is 5.08. The first-order valence-electron chi connectivity index (χ1n) is 8.56. The van der Waals surface area contributed by atoms with Gasteiger partial charge in [0.15, 0.2) is 10.9 Å². The summed E-state index contributed by atoms with van der Waals surface area (Å²) in [4.78, 5) is 24.1. The molecule has 150 valence electrons. The van der Waals surface area contributed by atoms with Gasteiger partial charge in [0.25, 0.3) is 17.5 Å². The number of nitrogens with one attached hydrogen (secondary N) is 2. The Hall–Kier alpha value is -3.67. The van der Waals surface area contributed by atoms with Crippen LogP contribution in [0.25, 0.3) is 11.3 Å². The summed E-state index contributed by atoms with van der Waals surface area (Å²) in [5, 5.41) is 27.8. The van der Waals surface area contributed by atoms with E-state index in [0.29, 0.717) is 23.8 Å². The smallest absolute Gasteiger partial charge is 0.293 e. The third-order valence-electron chi connectivity index (χ3n) is 3.60. The molecule has 0 fully saturated rings. The lowest BCUT2D eigenvalue weighted by Crippen LogP contribution is -2.34. The molecule has 1 aromatic carbocycles. The van der Waals surface area contributed by atoms with Crippen LogP contribution in [0, 0.1) is 16.0 Å². The molecule has 0 bridgehead atoms. The van der Waals surface area contributed by atoms with E-state index < -0.39 is 10.8 Å². The molecule has 2 heterocycles. The van der Waals surface area contributed by atoms with Crippen molar-refractivity contribution in [3.8, 4) is 11.3 Å². The molecule has 0 saturated heterocycles. The van der Waals surface area contributed by atoms with E-state index in [2.05, 4.69) is 26.0 Å². The van der Waals surface area contributed by atoms with Crippen LogP contribution in [0.5, 0.6) is 0 Å². The number of tetrazole rings is 1. The molecule has 29 heavy (non-hydrogen) atoms. The quantitative estimate of drug-likeness (QED) is 0.353. The van der Waals surface area contributed by atoms with Gasteiger partial charge in [-0.15, -0.1) is 5.10 Å². The van der Waals surface area contributed by atoms with Crippen LogP contribution in [0.1, 0.15) is 24.4 Å². The summed E-state index contributed by atoms with van der Waals surface area (Å²) in [6, 6.07) is 8.90. The van der Waals surface area contributed by atoms with Crippen molar-refractivity contribution in [3.63, 3.8) is 0 Å². The molecule has 0 radical (unpaired) electrons. The van der Waals surface area contributed by atoms with Gasteiger partial charge in [-0.1, -0.05) is 31.1 Å². The highest BCUT2D eigenvalue weighted by Gasteiger charge is 2.16. The predicted molar refractivity (Wildman–Crippen MR) is 107 cm³/mol. The Morgan fingerprint density at radius 1 is 1.34 bits per heavy atom. The van der Waals surface area contributed by atoms with Gasteiger partial charge in [-0.05, 0) is 35.5 Å². The summed E-state index contributed by atoms with van der Waals surface area (Å²) in [6.45, 7) is 4.64. The number of aromatic nitrogens is 4. The maximum absolute atomic E-state index is 12.3. The van der Waals surface area contributed by atoms with Crippen LogP contribution in [0.15, 0.2) is 40.8 Å². The fraction of sp³-hybridized carbons (Fsp3) is 0.235. The van der Waals surface area contributed by atoms with E-state index in [1.54, 1.807) is 12.1 Å². The summed E-state index contributed by atoms with van der Waals surface area (Å²) in [6.07, 6.45) is 0. The largest absolute Gasteiger partial charge is 0.451 e. The monoisotopic (exact) mass is 415 g/mol. The highest BCUT2D eigenvalue weighted by molar-refractivity contribution is 7.80. The minimum atomic E-state index is -0.589. The molecule has 0 aliphatic carbocycles. The Labute approximate surface area is 170 Å². The van der Waals surface area contributed by atoms with Gasteiger partial charge in [-0.25, -0.2) is 0 Å². The van der Waals surface area contributed by atoms with E-state index in [9.17, 15) is 14.9 Å². The van der Waals surface area contributed by atoms with Crippen LogP contribution in [-0.2, 0) is 6.54 Å². The molecule has 3 aromatic rings. The average Bonchev–Trinajstić information content (AvgIpc) is 3.31. The molecule has 0 unspecified atom stereocenters. The van der Waals surface area contributed by atoms with E-state index in [1.807, 2.05) is 13.8 Å². The van der Waals surface area contributed by atoms with Crippen LogP contribution in [-0.4, -0.2) is 36.2 Å². The number of carbonyl (C=O) groups is 1. The van der Waals surface area contributed by atoms with Gasteiger partial charge < -0.3 is 4.42 Å². The third kappa shape index (κ3) is 5.19. The van der Waals surface area contributed by atoms with E-state index in [0.717, 1.165) is 0 Å². The summed E-state index contributed by atoms with van der Waals surface area (Å²) in [5.41, 5.74) is 0.401. The number of furan rings is 1. The molecule has 12 heteroatoms. The molecule has 0 saturated carbocycles. The van der Waals surface area contributed by atoms with Crippen molar-refractivity contribution >= 4 is 34.9 Å². The van der Waals surface area contributed by atoms with Gasteiger partial charge in [0.1, 0.15) is 5.76 Å². The molecule has 3 rings (SSSR count). The molecule has 0 spiro atoms. The number of thiocarbonyl (C=S) groups is 1. The lowest BCUT2D eigenvalue weighted by atomic mass is 10.1. The topological polar surface area (TPSA) is 141 Å². The van der Waals surface area contributed by atoms with Crippen LogP contribution >= 0.6 is 12.2 Å². The molecule has 0 aliphatic heterocycles. The van der Waals surface area contributed by atoms with Crippen molar-refractivity contribution in [2.75, 3.05) is 5.32 Å². The van der Waals surface area contributed by atoms with E-state index in [1.165, 1.54) is 29.1 Å². The van der Waals surface area contributed by atoms with Gasteiger partial charge >= 0.3 is 0 Å². The first-order valence-corrected chi connectivity index (χ1v) is 8.97. The van der Waals surface area contributed by atoms with Crippen molar-refractivity contribution in [2.45, 2.75) is 20.4 Å². The van der Waals surface area contributed by atoms with Crippen LogP contribution in [0.4, 0.5) is 11.6 Å².